The molecule has 0 saturated carbocycles. The first-order chi connectivity index (χ1) is 3.06. The van der Waals surface area contributed by atoms with Gasteiger partial charge in [0.05, 0.1) is 0 Å². The molecular weight excluding hydrogens is 204 g/mol. The van der Waals surface area contributed by atoms with Crippen LogP contribution in [-0.2, 0) is 0 Å². The van der Waals surface area contributed by atoms with E-state index in [4.69, 9.17) is 0 Å². The summed E-state index contributed by atoms with van der Waals surface area (Å²) in [6, 6.07) is 1.12. The molecule has 0 aliphatic heterocycles. The Morgan fingerprint density at radius 2 is 1.67 bits per heavy atom. The Bertz CT molecular complexity index is 67.9. The van der Waals surface area contributed by atoms with Crippen LogP contribution >= 0.6 is 0 Å². The third-order valence-corrected chi connectivity index (χ3v) is 1.97. The van der Waals surface area contributed by atoms with Crippen molar-refractivity contribution in [1.82, 2.24) is 0 Å². The molecule has 0 N–H and O–H groups in total. The van der Waals surface area contributed by atoms with Crippen molar-refractivity contribution in [2.75, 3.05) is 0 Å². The number of halogens is 1. The van der Waals surface area contributed by atoms with Crippen LogP contribution in [0.4, 0.5) is 0 Å². The summed E-state index contributed by atoms with van der Waals surface area (Å²) in [5.41, 5.74) is 0. The van der Waals surface area contributed by atoms with E-state index in [1.54, 1.807) is 0 Å². The summed E-state index contributed by atoms with van der Waals surface area (Å²) in [5, 5.41) is 0. The van der Waals surface area contributed by atoms with Gasteiger partial charge in [0, 0.05) is 8.07 Å². The van der Waals surface area contributed by atoms with Crippen LogP contribution in [0, 0.1) is 6.08 Å². The van der Waals surface area contributed by atoms with Gasteiger partial charge in [-0.1, -0.05) is 19.6 Å². The van der Waals surface area contributed by atoms with E-state index < -0.39 is 8.07 Å². The van der Waals surface area contributed by atoms with Gasteiger partial charge in [0.2, 0.25) is 0 Å². The van der Waals surface area contributed by atoms with Crippen LogP contribution < -0.4 is 17.0 Å². The van der Waals surface area contributed by atoms with E-state index in [-0.39, 0.29) is 40.0 Å². The number of hydrogen-bond acceptors (Lipinski definition) is 0. The minimum atomic E-state index is -0.831. The molecule has 9 heavy (non-hydrogen) atoms. The molecule has 0 heterocycles. The largest absolute Gasteiger partial charge is 2.00 e. The first-order valence-electron chi connectivity index (χ1n) is 2.56. The van der Waals surface area contributed by atoms with Crippen LogP contribution in [0.1, 0.15) is 0 Å². The third-order valence-electron chi connectivity index (χ3n) is 0.655. The van der Waals surface area contributed by atoms with E-state index in [1.807, 2.05) is 0 Å². The fourth-order valence-electron chi connectivity index (χ4n) is 0.375. The first-order valence-corrected chi connectivity index (χ1v) is 6.27. The Morgan fingerprint density at radius 3 is 1.67 bits per heavy atom. The molecule has 0 spiro atoms. The van der Waals surface area contributed by atoms with Crippen molar-refractivity contribution in [2.45, 2.75) is 25.7 Å². The molecule has 0 unspecified atom stereocenters. The molecule has 0 bridgehead atoms. The van der Waals surface area contributed by atoms with Crippen molar-refractivity contribution in [1.29, 1.82) is 0 Å². The number of allylic oxidation sites excluding steroid dienone is 1. The molecule has 0 nitrogen and oxygen atoms in total. The molecule has 50 valence electrons. The maximum absolute atomic E-state index is 3.56. The van der Waals surface area contributed by atoms with E-state index in [0.717, 1.165) is 6.04 Å². The van der Waals surface area contributed by atoms with Gasteiger partial charge in [-0.05, 0) is 0 Å². The van der Waals surface area contributed by atoms with Crippen molar-refractivity contribution in [2.24, 2.45) is 0 Å². The molecule has 3 heteroatoms. The molecule has 0 rings (SSSR count). The van der Waals surface area contributed by atoms with Crippen LogP contribution in [-0.4, -0.2) is 31.1 Å². The summed E-state index contributed by atoms with van der Waals surface area (Å²) in [7, 11) is -0.831. The molecule has 0 atom stereocenters. The van der Waals surface area contributed by atoms with E-state index in [0.29, 0.717) is 0 Å². The van der Waals surface area contributed by atoms with Gasteiger partial charge in [0.15, 0.2) is 0 Å². The zero-order valence-corrected chi connectivity index (χ0v) is 10.5. The molecule has 0 amide bonds. The number of rotatable bonds is 2. The summed E-state index contributed by atoms with van der Waals surface area (Å²) in [6.45, 7) is 10.5. The Kier molecular flexibility index (Phi) is 13.5. The van der Waals surface area contributed by atoms with Crippen LogP contribution in [0.3, 0.4) is 0 Å². The Hall–Kier alpha value is 1.20. The quantitative estimate of drug-likeness (QED) is 0.409. The summed E-state index contributed by atoms with van der Waals surface area (Å²) >= 11 is 0. The maximum Gasteiger partial charge on any atom is 2.00 e. The monoisotopic (exact) mass is 216 g/mol. The van der Waals surface area contributed by atoms with Crippen molar-refractivity contribution in [3.05, 3.63) is 12.7 Å². The molecule has 0 aromatic heterocycles. The number of hydrogen-bond donors (Lipinski definition) is 0. The minimum absolute atomic E-state index is 0. The average molecular weight is 217 g/mol. The van der Waals surface area contributed by atoms with E-state index in [2.05, 4.69) is 32.3 Å². The van der Waals surface area contributed by atoms with Crippen molar-refractivity contribution in [3.63, 3.8) is 0 Å². The van der Waals surface area contributed by atoms with Gasteiger partial charge in [-0.15, -0.1) is 0 Å². The van der Waals surface area contributed by atoms with Crippen molar-refractivity contribution >= 4 is 31.1 Å². The van der Waals surface area contributed by atoms with Gasteiger partial charge in [-0.3, -0.25) is 6.58 Å². The van der Waals surface area contributed by atoms with Gasteiger partial charge in [-0.25, -0.2) is 0 Å². The second-order valence-electron chi connectivity index (χ2n) is 2.99. The second kappa shape index (κ2) is 7.31. The molecule has 0 fully saturated rings. The second-order valence-corrected chi connectivity index (χ2v) is 8.46. The van der Waals surface area contributed by atoms with Crippen LogP contribution in [0.15, 0.2) is 6.58 Å². The standard InChI is InChI=1S/C6H13Si.BrH.Mg/c1-5-6-7(2,3)4;;/h1,6H2,2-4H3;1H;/q-1;;+2/p-1. The Balaban J connectivity index is -0.000000180. The first kappa shape index (κ1) is 16.7. The van der Waals surface area contributed by atoms with Crippen LogP contribution in [0.5, 0.6) is 0 Å². The molecule has 0 aromatic rings. The molecule has 0 aliphatic rings. The van der Waals surface area contributed by atoms with Crippen molar-refractivity contribution < 1.29 is 17.0 Å². The zero-order valence-electron chi connectivity index (χ0n) is 6.50. The van der Waals surface area contributed by atoms with Gasteiger partial charge in [0.1, 0.15) is 0 Å². The predicted molar refractivity (Wildman–Crippen MR) is 42.8 cm³/mol. The average Bonchev–Trinajstić information content (AvgIpc) is 1.30. The molecule has 0 aromatic carbocycles. The SMILES string of the molecule is C=[C-]C[Si](C)(C)C.[Br-].[Mg+2]. The van der Waals surface area contributed by atoms with E-state index >= 15 is 0 Å². The zero-order chi connectivity index (χ0) is 5.91. The van der Waals surface area contributed by atoms with Crippen LogP contribution in [0.25, 0.3) is 0 Å². The molecule has 0 radical (unpaired) electrons. The van der Waals surface area contributed by atoms with Gasteiger partial charge < -0.3 is 23.1 Å². The van der Waals surface area contributed by atoms with Gasteiger partial charge in [0.25, 0.3) is 0 Å². The molecular formula is C6H13BrMgSi. The Morgan fingerprint density at radius 1 is 1.33 bits per heavy atom. The normalized spacial score (nSPS) is 8.78. The molecule has 0 saturated heterocycles. The summed E-state index contributed by atoms with van der Waals surface area (Å²) in [4.78, 5) is 0. The Labute approximate surface area is 86.0 Å². The smallest absolute Gasteiger partial charge is 1.00 e. The van der Waals surface area contributed by atoms with Gasteiger partial charge in [-0.2, -0.15) is 6.04 Å². The van der Waals surface area contributed by atoms with E-state index in [9.17, 15) is 0 Å². The summed E-state index contributed by atoms with van der Waals surface area (Å²) in [5.74, 6) is 0. The maximum atomic E-state index is 3.56. The fraction of sp³-hybridized carbons (Fsp3) is 0.667. The molecule has 0 aliphatic carbocycles. The topological polar surface area (TPSA) is 0 Å². The summed E-state index contributed by atoms with van der Waals surface area (Å²) in [6.07, 6.45) is 2.92. The van der Waals surface area contributed by atoms with E-state index in [1.165, 1.54) is 0 Å². The fourth-order valence-corrected chi connectivity index (χ4v) is 1.12. The predicted octanol–water partition coefficient (Wildman–Crippen LogP) is -1.06. The van der Waals surface area contributed by atoms with Crippen LogP contribution in [0.2, 0.25) is 25.7 Å². The van der Waals surface area contributed by atoms with Crippen molar-refractivity contribution in [3.8, 4) is 0 Å². The summed E-state index contributed by atoms with van der Waals surface area (Å²) < 4.78 is 0. The minimum Gasteiger partial charge on any atom is -1.00 e. The third kappa shape index (κ3) is 17.6. The van der Waals surface area contributed by atoms with Gasteiger partial charge >= 0.3 is 23.1 Å².